The van der Waals surface area contributed by atoms with Crippen LogP contribution in [0.4, 0.5) is 0 Å². The van der Waals surface area contributed by atoms with E-state index in [9.17, 15) is 4.79 Å². The monoisotopic (exact) mass is 342 g/mol. The lowest BCUT2D eigenvalue weighted by atomic mass is 10.0. The summed E-state index contributed by atoms with van der Waals surface area (Å²) in [5, 5.41) is 8.12. The summed E-state index contributed by atoms with van der Waals surface area (Å²) < 4.78 is 10.6. The van der Waals surface area contributed by atoms with Gasteiger partial charge in [0.05, 0.1) is 25.1 Å². The number of benzene rings is 1. The fourth-order valence-electron chi connectivity index (χ4n) is 2.88. The number of hydrogen-bond donors (Lipinski definition) is 1. The average molecular weight is 342 g/mol. The second kappa shape index (κ2) is 8.09. The van der Waals surface area contributed by atoms with Crippen molar-refractivity contribution in [2.45, 2.75) is 19.4 Å². The molecule has 6 nitrogen and oxygen atoms in total. The van der Waals surface area contributed by atoms with Crippen LogP contribution in [0.5, 0.6) is 0 Å². The lowest BCUT2D eigenvalue weighted by Crippen LogP contribution is -2.87. The van der Waals surface area contributed by atoms with Gasteiger partial charge in [-0.1, -0.05) is 29.8 Å². The molecule has 2 aromatic rings. The fourth-order valence-corrected chi connectivity index (χ4v) is 2.88. The van der Waals surface area contributed by atoms with Gasteiger partial charge in [0, 0.05) is 13.5 Å². The smallest absolute Gasteiger partial charge is 0.298 e. The van der Waals surface area contributed by atoms with Gasteiger partial charge in [0.15, 0.2) is 6.54 Å². The molecule has 0 aliphatic carbocycles. The Bertz CT molecular complexity index is 723. The van der Waals surface area contributed by atoms with Crippen molar-refractivity contribution < 1.29 is 19.3 Å². The molecule has 0 bridgehead atoms. The van der Waals surface area contributed by atoms with Gasteiger partial charge in [-0.2, -0.15) is 5.10 Å². The highest BCUT2D eigenvalue weighted by atomic mass is 16.5. The van der Waals surface area contributed by atoms with Crippen LogP contribution in [0.15, 0.2) is 52.2 Å². The first kappa shape index (κ1) is 17.4. The summed E-state index contributed by atoms with van der Waals surface area (Å²) in [7, 11) is 1.65. The summed E-state index contributed by atoms with van der Waals surface area (Å²) in [6.45, 7) is 3.76. The number of nitrogens with zero attached hydrogens (tertiary/aromatic N) is 2. The molecule has 1 atom stereocenters. The number of hydrazone groups is 1. The van der Waals surface area contributed by atoms with E-state index in [0.29, 0.717) is 19.6 Å². The van der Waals surface area contributed by atoms with E-state index in [4.69, 9.17) is 9.15 Å². The summed E-state index contributed by atoms with van der Waals surface area (Å²) >= 11 is 0. The van der Waals surface area contributed by atoms with Gasteiger partial charge in [-0.3, -0.25) is 4.79 Å². The van der Waals surface area contributed by atoms with E-state index in [2.05, 4.69) is 24.2 Å². The van der Waals surface area contributed by atoms with Gasteiger partial charge < -0.3 is 14.5 Å². The first-order valence-electron chi connectivity index (χ1n) is 8.49. The molecule has 0 saturated heterocycles. The van der Waals surface area contributed by atoms with Crippen LogP contribution in [0, 0.1) is 6.92 Å². The van der Waals surface area contributed by atoms with Crippen LogP contribution in [0.1, 0.15) is 29.3 Å². The lowest BCUT2D eigenvalue weighted by Gasteiger charge is -2.18. The number of methoxy groups -OCH3 is 1. The minimum Gasteiger partial charge on any atom is -0.467 e. The number of carbonyl (C=O) groups is 1. The molecule has 132 valence electrons. The Labute approximate surface area is 147 Å². The number of carbonyl (C=O) groups excluding carboxylic acids is 1. The van der Waals surface area contributed by atoms with Crippen molar-refractivity contribution >= 4 is 11.6 Å². The number of hydrogen-bond acceptors (Lipinski definition) is 4. The maximum absolute atomic E-state index is 12.7. The summed E-state index contributed by atoms with van der Waals surface area (Å²) in [6.07, 6.45) is 2.28. The van der Waals surface area contributed by atoms with Gasteiger partial charge in [0.25, 0.3) is 5.91 Å². The second-order valence-corrected chi connectivity index (χ2v) is 6.16. The molecule has 1 aromatic heterocycles. The molecule has 2 N–H and O–H groups in total. The first-order valence-corrected chi connectivity index (χ1v) is 8.49. The van der Waals surface area contributed by atoms with E-state index in [1.807, 2.05) is 29.6 Å². The zero-order valence-electron chi connectivity index (χ0n) is 14.6. The highest BCUT2D eigenvalue weighted by molar-refractivity contribution is 6.03. The Morgan fingerprint density at radius 1 is 1.36 bits per heavy atom. The Morgan fingerprint density at radius 3 is 2.84 bits per heavy atom. The van der Waals surface area contributed by atoms with Crippen molar-refractivity contribution in [3.8, 4) is 0 Å². The maximum Gasteiger partial charge on any atom is 0.298 e. The van der Waals surface area contributed by atoms with Crippen molar-refractivity contribution in [2.75, 3.05) is 26.8 Å². The molecule has 25 heavy (non-hydrogen) atoms. The Balaban J connectivity index is 1.77. The second-order valence-electron chi connectivity index (χ2n) is 6.16. The Morgan fingerprint density at radius 2 is 2.16 bits per heavy atom. The highest BCUT2D eigenvalue weighted by Gasteiger charge is 2.35. The molecule has 0 spiro atoms. The van der Waals surface area contributed by atoms with Crippen LogP contribution in [-0.4, -0.2) is 43.4 Å². The van der Waals surface area contributed by atoms with Crippen molar-refractivity contribution in [3.63, 3.8) is 0 Å². The quantitative estimate of drug-likeness (QED) is 0.775. The number of aryl methyl sites for hydroxylation is 1. The van der Waals surface area contributed by atoms with E-state index in [-0.39, 0.29) is 11.9 Å². The van der Waals surface area contributed by atoms with Gasteiger partial charge in [-0.25, -0.2) is 5.01 Å². The summed E-state index contributed by atoms with van der Waals surface area (Å²) in [5.74, 6) is 0.732. The molecule has 6 heteroatoms. The van der Waals surface area contributed by atoms with Crippen molar-refractivity contribution in [1.29, 1.82) is 0 Å². The number of amides is 1. The van der Waals surface area contributed by atoms with Crippen LogP contribution in [0.3, 0.4) is 0 Å². The SMILES string of the molecule is COCC[NH2+]CC(=O)N1N=C(c2ccc(C)cc2)C[C@H]1c1ccco1. The van der Waals surface area contributed by atoms with Crippen LogP contribution in [-0.2, 0) is 9.53 Å². The molecule has 1 aliphatic heterocycles. The van der Waals surface area contributed by atoms with Crippen LogP contribution >= 0.6 is 0 Å². The third-order valence-electron chi connectivity index (χ3n) is 4.27. The third-order valence-corrected chi connectivity index (χ3v) is 4.27. The molecule has 1 amide bonds. The lowest BCUT2D eigenvalue weighted by molar-refractivity contribution is -0.646. The zero-order chi connectivity index (χ0) is 17.6. The van der Waals surface area contributed by atoms with Gasteiger partial charge in [-0.05, 0) is 24.6 Å². The van der Waals surface area contributed by atoms with Crippen molar-refractivity contribution in [2.24, 2.45) is 5.10 Å². The van der Waals surface area contributed by atoms with Gasteiger partial charge in [-0.15, -0.1) is 0 Å². The van der Waals surface area contributed by atoms with Gasteiger partial charge in [0.2, 0.25) is 0 Å². The van der Waals surface area contributed by atoms with Crippen molar-refractivity contribution in [3.05, 3.63) is 59.5 Å². The zero-order valence-corrected chi connectivity index (χ0v) is 14.6. The van der Waals surface area contributed by atoms with Gasteiger partial charge >= 0.3 is 0 Å². The number of quaternary nitrogens is 1. The summed E-state index contributed by atoms with van der Waals surface area (Å²) in [6, 6.07) is 11.8. The minimum atomic E-state index is -0.186. The molecular formula is C19H24N3O3+. The fraction of sp³-hybridized carbons (Fsp3) is 0.368. The number of nitrogens with two attached hydrogens (primary N) is 1. The molecule has 1 aromatic carbocycles. The Hall–Kier alpha value is -2.44. The summed E-state index contributed by atoms with van der Waals surface area (Å²) in [5.41, 5.74) is 3.15. The number of furan rings is 1. The molecule has 0 saturated carbocycles. The number of ether oxygens (including phenoxy) is 1. The molecule has 3 rings (SSSR count). The standard InChI is InChI=1S/C19H23N3O3/c1-14-5-7-15(8-6-14)16-12-17(18-4-3-10-25-18)22(21-16)19(23)13-20-9-11-24-2/h3-8,10,17,20H,9,11-13H2,1-2H3/p+1/t17-/m0/s1. The first-order chi connectivity index (χ1) is 12.2. The topological polar surface area (TPSA) is 71.7 Å². The highest BCUT2D eigenvalue weighted by Crippen LogP contribution is 2.32. The summed E-state index contributed by atoms with van der Waals surface area (Å²) in [4.78, 5) is 12.7. The maximum atomic E-state index is 12.7. The van der Waals surface area contributed by atoms with Crippen LogP contribution < -0.4 is 5.32 Å². The molecular weight excluding hydrogens is 318 g/mol. The third kappa shape index (κ3) is 4.15. The van der Waals surface area contributed by atoms with E-state index >= 15 is 0 Å². The molecule has 0 radical (unpaired) electrons. The molecule has 1 aliphatic rings. The van der Waals surface area contributed by atoms with E-state index in [0.717, 1.165) is 23.6 Å². The number of rotatable bonds is 7. The molecule has 0 fully saturated rings. The Kier molecular flexibility index (Phi) is 5.63. The predicted octanol–water partition coefficient (Wildman–Crippen LogP) is 1.48. The van der Waals surface area contributed by atoms with Crippen molar-refractivity contribution in [1.82, 2.24) is 5.01 Å². The molecule has 2 heterocycles. The normalized spacial score (nSPS) is 17.0. The van der Waals surface area contributed by atoms with E-state index < -0.39 is 0 Å². The molecule has 0 unspecified atom stereocenters. The largest absolute Gasteiger partial charge is 0.467 e. The van der Waals surface area contributed by atoms with Crippen LogP contribution in [0.2, 0.25) is 0 Å². The minimum absolute atomic E-state index is 0.0281. The van der Waals surface area contributed by atoms with Gasteiger partial charge in [0.1, 0.15) is 11.8 Å². The van der Waals surface area contributed by atoms with Crippen LogP contribution in [0.25, 0.3) is 0 Å². The van der Waals surface area contributed by atoms with E-state index in [1.54, 1.807) is 18.4 Å². The van der Waals surface area contributed by atoms with E-state index in [1.165, 1.54) is 5.56 Å². The predicted molar refractivity (Wildman–Crippen MR) is 94.2 cm³/mol. The average Bonchev–Trinajstić information content (AvgIpc) is 3.28.